The number of fused-ring (bicyclic) bond motifs is 2. The van der Waals surface area contributed by atoms with Crippen LogP contribution >= 0.6 is 0 Å². The van der Waals surface area contributed by atoms with Crippen LogP contribution in [0.15, 0.2) is 48.7 Å². The molecule has 0 amide bonds. The predicted molar refractivity (Wildman–Crippen MR) is 107 cm³/mol. The third-order valence-electron chi connectivity index (χ3n) is 5.07. The van der Waals surface area contributed by atoms with E-state index in [9.17, 15) is 4.39 Å². The minimum atomic E-state index is -0.272. The van der Waals surface area contributed by atoms with Gasteiger partial charge >= 0.3 is 0 Å². The Labute approximate surface area is 157 Å². The summed E-state index contributed by atoms with van der Waals surface area (Å²) in [6.45, 7) is 2.16. The number of aromatic amines is 1. The van der Waals surface area contributed by atoms with E-state index in [1.54, 1.807) is 17.9 Å². The van der Waals surface area contributed by atoms with Gasteiger partial charge in [0.2, 0.25) is 5.69 Å². The van der Waals surface area contributed by atoms with Crippen molar-refractivity contribution in [1.29, 1.82) is 0 Å². The third kappa shape index (κ3) is 2.99. The van der Waals surface area contributed by atoms with Crippen molar-refractivity contribution in [2.45, 2.75) is 26.2 Å². The smallest absolute Gasteiger partial charge is 0.252 e. The molecule has 0 spiro atoms. The van der Waals surface area contributed by atoms with Crippen LogP contribution < -0.4 is 15.3 Å². The van der Waals surface area contributed by atoms with Crippen LogP contribution in [0, 0.1) is 5.82 Å². The normalized spacial score (nSPS) is 11.4. The average Bonchev–Trinajstić information content (AvgIpc) is 3.09. The highest BCUT2D eigenvalue weighted by atomic mass is 19.1. The Morgan fingerprint density at radius 3 is 2.74 bits per heavy atom. The quantitative estimate of drug-likeness (QED) is 0.405. The number of aromatic nitrogens is 2. The summed E-state index contributed by atoms with van der Waals surface area (Å²) in [5.74, 6) is 7.04. The van der Waals surface area contributed by atoms with Crippen molar-refractivity contribution < 1.29 is 13.8 Å². The lowest BCUT2D eigenvalue weighted by molar-refractivity contribution is -0.634. The summed E-state index contributed by atoms with van der Waals surface area (Å²) in [7, 11) is 1.65. The van der Waals surface area contributed by atoms with E-state index in [0.29, 0.717) is 0 Å². The number of unbranched alkanes of at least 4 members (excludes halogenated alkanes) is 1. The van der Waals surface area contributed by atoms with E-state index in [4.69, 9.17) is 10.6 Å². The molecule has 0 aliphatic heterocycles. The van der Waals surface area contributed by atoms with Gasteiger partial charge in [-0.25, -0.2) is 10.2 Å². The Bertz CT molecular complexity index is 1130. The molecule has 138 valence electrons. The molecule has 0 unspecified atom stereocenters. The Morgan fingerprint density at radius 2 is 1.96 bits per heavy atom. The highest BCUT2D eigenvalue weighted by Gasteiger charge is 2.24. The molecule has 27 heavy (non-hydrogen) atoms. The Balaban J connectivity index is 2.02. The van der Waals surface area contributed by atoms with Crippen molar-refractivity contribution in [2.24, 2.45) is 0 Å². The zero-order chi connectivity index (χ0) is 19.0. The minimum absolute atomic E-state index is 0.272. The van der Waals surface area contributed by atoms with Crippen LogP contribution in [0.25, 0.3) is 32.9 Å². The number of hydrogen-bond acceptors (Lipinski definition) is 2. The molecular weight excluding hydrogens is 341 g/mol. The standard InChI is InChI=1S/C22H22FN3O/c1-3-4-5-16-10-14-6-7-15(23)11-19(14)22(26(16)24)20-13-25-21-12-17(27-2)8-9-18(20)21/h6-13H,3-5,24H2,1-2H3/p+1. The maximum absolute atomic E-state index is 14.0. The van der Waals surface area contributed by atoms with Crippen LogP contribution in [0.3, 0.4) is 0 Å². The number of rotatable bonds is 5. The van der Waals surface area contributed by atoms with E-state index >= 15 is 0 Å². The van der Waals surface area contributed by atoms with Gasteiger partial charge in [-0.3, -0.25) is 0 Å². The summed E-state index contributed by atoms with van der Waals surface area (Å²) < 4.78 is 21.1. The maximum atomic E-state index is 14.0. The van der Waals surface area contributed by atoms with Crippen LogP contribution in [0.4, 0.5) is 4.39 Å². The molecule has 4 nitrogen and oxygen atoms in total. The summed E-state index contributed by atoms with van der Waals surface area (Å²) in [4.78, 5) is 3.29. The minimum Gasteiger partial charge on any atom is -0.497 e. The molecule has 0 atom stereocenters. The molecule has 4 rings (SSSR count). The first-order valence-corrected chi connectivity index (χ1v) is 9.20. The summed E-state index contributed by atoms with van der Waals surface area (Å²) in [5.41, 5.74) is 3.75. The highest BCUT2D eigenvalue weighted by molar-refractivity contribution is 6.02. The van der Waals surface area contributed by atoms with Gasteiger partial charge in [-0.05, 0) is 36.1 Å². The number of nitrogen functional groups attached to an aromatic ring is 1. The molecule has 0 aliphatic rings. The van der Waals surface area contributed by atoms with Crippen LogP contribution in [0.2, 0.25) is 0 Å². The van der Waals surface area contributed by atoms with Crippen molar-refractivity contribution in [3.05, 3.63) is 60.2 Å². The molecule has 0 radical (unpaired) electrons. The van der Waals surface area contributed by atoms with Crippen molar-refractivity contribution in [3.8, 4) is 17.0 Å². The van der Waals surface area contributed by atoms with Gasteiger partial charge < -0.3 is 9.72 Å². The first-order chi connectivity index (χ1) is 13.1. The lowest BCUT2D eigenvalue weighted by Crippen LogP contribution is -2.50. The average molecular weight is 364 g/mol. The second-order valence-corrected chi connectivity index (χ2v) is 6.80. The zero-order valence-electron chi connectivity index (χ0n) is 15.6. The van der Waals surface area contributed by atoms with Gasteiger partial charge in [0.15, 0.2) is 0 Å². The number of methoxy groups -OCH3 is 1. The molecule has 5 heteroatoms. The van der Waals surface area contributed by atoms with Gasteiger partial charge in [0.25, 0.3) is 5.69 Å². The second kappa shape index (κ2) is 6.91. The van der Waals surface area contributed by atoms with Crippen LogP contribution in [0.5, 0.6) is 5.75 Å². The maximum Gasteiger partial charge on any atom is 0.252 e. The van der Waals surface area contributed by atoms with Gasteiger partial charge in [-0.2, -0.15) is 0 Å². The SMILES string of the molecule is CCCCc1cc2ccc(F)cc2c(-c2c[nH]c3cc(OC)ccc23)[n+]1N. The number of aryl methyl sites for hydroxylation is 1. The summed E-state index contributed by atoms with van der Waals surface area (Å²) in [5, 5.41) is 2.81. The molecule has 2 aromatic heterocycles. The van der Waals surface area contributed by atoms with E-state index in [-0.39, 0.29) is 5.82 Å². The molecule has 0 aliphatic carbocycles. The molecule has 2 aromatic carbocycles. The monoisotopic (exact) mass is 364 g/mol. The van der Waals surface area contributed by atoms with E-state index in [1.165, 1.54) is 6.07 Å². The molecule has 0 saturated carbocycles. The molecule has 3 N–H and O–H groups in total. The number of hydrogen-bond donors (Lipinski definition) is 2. The zero-order valence-corrected chi connectivity index (χ0v) is 15.6. The lowest BCUT2D eigenvalue weighted by atomic mass is 10.0. The summed E-state index contributed by atoms with van der Waals surface area (Å²) >= 11 is 0. The number of ether oxygens (including phenoxy) is 1. The van der Waals surface area contributed by atoms with Crippen LogP contribution in [-0.4, -0.2) is 12.1 Å². The third-order valence-corrected chi connectivity index (χ3v) is 5.07. The summed E-state index contributed by atoms with van der Waals surface area (Å²) in [6, 6.07) is 12.8. The van der Waals surface area contributed by atoms with Gasteiger partial charge in [0.05, 0.1) is 18.1 Å². The van der Waals surface area contributed by atoms with E-state index in [2.05, 4.69) is 18.0 Å². The summed E-state index contributed by atoms with van der Waals surface area (Å²) in [6.07, 6.45) is 4.94. The first kappa shape index (κ1) is 17.3. The number of nitrogens with zero attached hydrogens (tertiary/aromatic N) is 1. The number of pyridine rings is 1. The van der Waals surface area contributed by atoms with E-state index < -0.39 is 0 Å². The molecule has 2 heterocycles. The highest BCUT2D eigenvalue weighted by Crippen LogP contribution is 2.33. The molecule has 4 aromatic rings. The van der Waals surface area contributed by atoms with Crippen molar-refractivity contribution in [2.75, 3.05) is 13.0 Å². The van der Waals surface area contributed by atoms with Crippen molar-refractivity contribution in [3.63, 3.8) is 0 Å². The Morgan fingerprint density at radius 1 is 1.11 bits per heavy atom. The fourth-order valence-corrected chi connectivity index (χ4v) is 3.64. The van der Waals surface area contributed by atoms with Gasteiger partial charge in [0.1, 0.15) is 11.6 Å². The van der Waals surface area contributed by atoms with Gasteiger partial charge in [0, 0.05) is 35.7 Å². The lowest BCUT2D eigenvalue weighted by Gasteiger charge is -2.08. The second-order valence-electron chi connectivity index (χ2n) is 6.80. The number of halogens is 1. The largest absolute Gasteiger partial charge is 0.497 e. The topological polar surface area (TPSA) is 54.9 Å². The van der Waals surface area contributed by atoms with Crippen LogP contribution in [0.1, 0.15) is 25.5 Å². The van der Waals surface area contributed by atoms with Crippen LogP contribution in [-0.2, 0) is 6.42 Å². The number of H-pyrrole nitrogens is 1. The van der Waals surface area contributed by atoms with E-state index in [1.807, 2.05) is 30.5 Å². The Kier molecular flexibility index (Phi) is 4.44. The predicted octanol–water partition coefficient (Wildman–Crippen LogP) is 4.48. The number of benzene rings is 2. The number of nitrogens with two attached hydrogens (primary N) is 1. The fourth-order valence-electron chi connectivity index (χ4n) is 3.64. The Hall–Kier alpha value is -3.08. The molecule has 0 fully saturated rings. The van der Waals surface area contributed by atoms with Gasteiger partial charge in [-0.1, -0.05) is 24.1 Å². The van der Waals surface area contributed by atoms with Crippen molar-refractivity contribution >= 4 is 21.7 Å². The van der Waals surface area contributed by atoms with E-state index in [0.717, 1.165) is 63.6 Å². The first-order valence-electron chi connectivity index (χ1n) is 9.20. The molecule has 0 bridgehead atoms. The number of nitrogens with one attached hydrogen (secondary N) is 1. The molecular formula is C22H23FN3O+. The van der Waals surface area contributed by atoms with Crippen molar-refractivity contribution in [1.82, 2.24) is 4.98 Å². The fraction of sp³-hybridized carbons (Fsp3) is 0.227. The molecule has 0 saturated heterocycles. The van der Waals surface area contributed by atoms with Gasteiger partial charge in [-0.15, -0.1) is 0 Å².